The van der Waals surface area contributed by atoms with E-state index in [1.807, 2.05) is 19.9 Å². The standard InChI is InChI=1S/C16H15NO4S2/c1-16(2)9(10(18)8-6-4-3-5-7-8)11(14(19)20)22-13-12(16)23-15(21)17-13/h3-7,9,11H,1-2H3,(H,17,21)(H,19,20). The highest BCUT2D eigenvalue weighted by Gasteiger charge is 2.51. The lowest BCUT2D eigenvalue weighted by atomic mass is 9.71. The summed E-state index contributed by atoms with van der Waals surface area (Å²) in [4.78, 5) is 39.6. The van der Waals surface area contributed by atoms with Crippen LogP contribution in [-0.2, 0) is 10.2 Å². The summed E-state index contributed by atoms with van der Waals surface area (Å²) < 4.78 is 0. The fourth-order valence-electron chi connectivity index (χ4n) is 2.98. The normalized spacial score (nSPS) is 22.3. The second-order valence-electron chi connectivity index (χ2n) is 5.98. The largest absolute Gasteiger partial charge is 0.480 e. The van der Waals surface area contributed by atoms with E-state index >= 15 is 0 Å². The number of aromatic amines is 1. The Balaban J connectivity index is 2.14. The topological polar surface area (TPSA) is 87.2 Å². The minimum Gasteiger partial charge on any atom is -0.480 e. The van der Waals surface area contributed by atoms with Crippen LogP contribution in [0, 0.1) is 5.92 Å². The first-order valence-electron chi connectivity index (χ1n) is 7.04. The highest BCUT2D eigenvalue weighted by atomic mass is 32.2. The van der Waals surface area contributed by atoms with Gasteiger partial charge in [-0.3, -0.25) is 14.4 Å². The number of hydrogen-bond acceptors (Lipinski definition) is 5. The molecule has 1 aliphatic heterocycles. The number of thiazole rings is 1. The van der Waals surface area contributed by atoms with E-state index in [0.717, 1.165) is 28.0 Å². The number of carboxylic acid groups (broad SMARTS) is 1. The molecule has 120 valence electrons. The number of carbonyl (C=O) groups excluding carboxylic acids is 1. The Kier molecular flexibility index (Phi) is 3.93. The molecule has 1 aliphatic rings. The number of hydrogen-bond donors (Lipinski definition) is 2. The van der Waals surface area contributed by atoms with Gasteiger partial charge >= 0.3 is 10.8 Å². The van der Waals surface area contributed by atoms with Crippen molar-refractivity contribution in [1.82, 2.24) is 4.98 Å². The molecular weight excluding hydrogens is 334 g/mol. The van der Waals surface area contributed by atoms with E-state index in [2.05, 4.69) is 4.98 Å². The maximum absolute atomic E-state index is 13.0. The molecule has 0 fully saturated rings. The summed E-state index contributed by atoms with van der Waals surface area (Å²) in [6.45, 7) is 3.66. The van der Waals surface area contributed by atoms with Gasteiger partial charge in [-0.25, -0.2) is 0 Å². The molecule has 0 amide bonds. The van der Waals surface area contributed by atoms with Crippen LogP contribution in [0.25, 0.3) is 0 Å². The molecule has 0 saturated heterocycles. The summed E-state index contributed by atoms with van der Waals surface area (Å²) in [6.07, 6.45) is 0. The monoisotopic (exact) mass is 349 g/mol. The van der Waals surface area contributed by atoms with Crippen molar-refractivity contribution < 1.29 is 14.7 Å². The summed E-state index contributed by atoms with van der Waals surface area (Å²) >= 11 is 2.10. The van der Waals surface area contributed by atoms with E-state index < -0.39 is 22.6 Å². The fourth-order valence-corrected chi connectivity index (χ4v) is 5.66. The number of aliphatic carboxylic acids is 1. The molecule has 2 atom stereocenters. The first-order chi connectivity index (χ1) is 10.8. The molecule has 0 aliphatic carbocycles. The van der Waals surface area contributed by atoms with Crippen LogP contribution < -0.4 is 4.87 Å². The van der Waals surface area contributed by atoms with Crippen molar-refractivity contribution in [2.24, 2.45) is 5.92 Å². The van der Waals surface area contributed by atoms with Gasteiger partial charge in [-0.2, -0.15) is 0 Å². The number of aromatic nitrogens is 1. The van der Waals surface area contributed by atoms with Crippen LogP contribution in [0.1, 0.15) is 29.1 Å². The van der Waals surface area contributed by atoms with Crippen molar-refractivity contribution in [1.29, 1.82) is 0 Å². The Bertz CT molecular complexity index is 822. The highest BCUT2D eigenvalue weighted by Crippen LogP contribution is 2.50. The van der Waals surface area contributed by atoms with Crippen molar-refractivity contribution in [2.75, 3.05) is 0 Å². The van der Waals surface area contributed by atoms with Crippen LogP contribution in [0.2, 0.25) is 0 Å². The molecular formula is C16H15NO4S2. The lowest BCUT2D eigenvalue weighted by molar-refractivity contribution is -0.137. The van der Waals surface area contributed by atoms with E-state index in [1.165, 1.54) is 0 Å². The van der Waals surface area contributed by atoms with Crippen molar-refractivity contribution in [3.8, 4) is 0 Å². The molecule has 1 aromatic carbocycles. The number of carbonyl (C=O) groups is 2. The van der Waals surface area contributed by atoms with E-state index in [-0.39, 0.29) is 10.7 Å². The predicted molar refractivity (Wildman–Crippen MR) is 89.5 cm³/mol. The molecule has 5 nitrogen and oxygen atoms in total. The number of rotatable bonds is 3. The first kappa shape index (κ1) is 16.0. The molecule has 2 N–H and O–H groups in total. The van der Waals surface area contributed by atoms with Gasteiger partial charge < -0.3 is 10.1 Å². The van der Waals surface area contributed by atoms with Crippen molar-refractivity contribution in [3.63, 3.8) is 0 Å². The third kappa shape index (κ3) is 2.64. The number of carboxylic acids is 1. The minimum atomic E-state index is -1.05. The SMILES string of the molecule is CC1(C)c2sc(=O)[nH]c2SC(C(=O)O)C1C(=O)c1ccccc1. The van der Waals surface area contributed by atoms with Crippen LogP contribution in [0.3, 0.4) is 0 Å². The molecule has 2 aromatic rings. The minimum absolute atomic E-state index is 0.206. The van der Waals surface area contributed by atoms with Crippen molar-refractivity contribution >= 4 is 34.9 Å². The number of H-pyrrole nitrogens is 1. The Morgan fingerprint density at radius 3 is 2.48 bits per heavy atom. The molecule has 0 bridgehead atoms. The Morgan fingerprint density at radius 2 is 1.87 bits per heavy atom. The zero-order valence-electron chi connectivity index (χ0n) is 12.5. The molecule has 1 aromatic heterocycles. The maximum atomic E-state index is 13.0. The predicted octanol–water partition coefficient (Wildman–Crippen LogP) is 2.77. The highest BCUT2D eigenvalue weighted by molar-refractivity contribution is 8.00. The lowest BCUT2D eigenvalue weighted by Crippen LogP contribution is -2.47. The molecule has 2 unspecified atom stereocenters. The van der Waals surface area contributed by atoms with E-state index in [4.69, 9.17) is 0 Å². The van der Waals surface area contributed by atoms with Crippen LogP contribution in [-0.4, -0.2) is 27.1 Å². The molecule has 3 rings (SSSR count). The number of Topliss-reactive ketones (excluding diaryl/α,β-unsaturated/α-hetero) is 1. The van der Waals surface area contributed by atoms with Gasteiger partial charge in [0.1, 0.15) is 5.25 Å². The van der Waals surface area contributed by atoms with Crippen LogP contribution in [0.15, 0.2) is 40.2 Å². The Morgan fingerprint density at radius 1 is 1.22 bits per heavy atom. The third-order valence-corrected chi connectivity index (χ3v) is 6.73. The summed E-state index contributed by atoms with van der Waals surface area (Å²) in [6, 6.07) is 8.70. The molecule has 2 heterocycles. The van der Waals surface area contributed by atoms with Crippen molar-refractivity contribution in [3.05, 3.63) is 50.4 Å². The van der Waals surface area contributed by atoms with Gasteiger partial charge in [-0.05, 0) is 0 Å². The maximum Gasteiger partial charge on any atom is 0.317 e. The summed E-state index contributed by atoms with van der Waals surface area (Å²) in [5.74, 6) is -2.00. The molecule has 0 spiro atoms. The Labute approximate surface area is 140 Å². The smallest absolute Gasteiger partial charge is 0.317 e. The summed E-state index contributed by atoms with van der Waals surface area (Å²) in [7, 11) is 0. The number of thioether (sulfide) groups is 1. The zero-order valence-corrected chi connectivity index (χ0v) is 14.2. The van der Waals surface area contributed by atoms with Gasteiger partial charge in [-0.15, -0.1) is 0 Å². The number of benzene rings is 1. The van der Waals surface area contributed by atoms with Crippen LogP contribution >= 0.6 is 23.1 Å². The van der Waals surface area contributed by atoms with Crippen molar-refractivity contribution in [2.45, 2.75) is 29.5 Å². The quantitative estimate of drug-likeness (QED) is 0.832. The first-order valence-corrected chi connectivity index (χ1v) is 8.74. The van der Waals surface area contributed by atoms with E-state index in [0.29, 0.717) is 10.6 Å². The zero-order chi connectivity index (χ0) is 16.8. The number of ketones is 1. The fraction of sp³-hybridized carbons (Fsp3) is 0.312. The van der Waals surface area contributed by atoms with Gasteiger partial charge in [0, 0.05) is 15.9 Å². The number of fused-ring (bicyclic) bond motifs is 1. The number of nitrogens with one attached hydrogen (secondary N) is 1. The van der Waals surface area contributed by atoms with Crippen LogP contribution in [0.4, 0.5) is 0 Å². The average Bonchev–Trinajstić information content (AvgIpc) is 2.88. The molecule has 0 saturated carbocycles. The molecule has 23 heavy (non-hydrogen) atoms. The molecule has 7 heteroatoms. The molecule has 0 radical (unpaired) electrons. The van der Waals surface area contributed by atoms with E-state index in [1.54, 1.807) is 24.3 Å². The van der Waals surface area contributed by atoms with Gasteiger partial charge in [-0.1, -0.05) is 67.3 Å². The second-order valence-corrected chi connectivity index (χ2v) is 8.11. The second kappa shape index (κ2) is 5.65. The summed E-state index contributed by atoms with van der Waals surface area (Å²) in [5.41, 5.74) is -0.246. The summed E-state index contributed by atoms with van der Waals surface area (Å²) in [5, 5.41) is 9.24. The van der Waals surface area contributed by atoms with Crippen LogP contribution in [0.5, 0.6) is 0 Å². The van der Waals surface area contributed by atoms with Gasteiger partial charge in [0.05, 0.1) is 10.9 Å². The van der Waals surface area contributed by atoms with Gasteiger partial charge in [0.25, 0.3) is 0 Å². The van der Waals surface area contributed by atoms with E-state index in [9.17, 15) is 19.5 Å². The average molecular weight is 349 g/mol. The van der Waals surface area contributed by atoms with Gasteiger partial charge in [0.2, 0.25) is 0 Å². The lowest BCUT2D eigenvalue weighted by Gasteiger charge is -2.40. The van der Waals surface area contributed by atoms with Gasteiger partial charge in [0.15, 0.2) is 5.78 Å². The third-order valence-electron chi connectivity index (χ3n) is 4.11. The Hall–Kier alpha value is -1.86.